The largest absolute Gasteiger partial charge is 0.313 e. The van der Waals surface area contributed by atoms with Crippen molar-refractivity contribution < 1.29 is 0 Å². The van der Waals surface area contributed by atoms with Crippen molar-refractivity contribution in [3.8, 4) is 0 Å². The zero-order valence-electron chi connectivity index (χ0n) is 12.9. The van der Waals surface area contributed by atoms with E-state index >= 15 is 0 Å². The summed E-state index contributed by atoms with van der Waals surface area (Å²) < 4.78 is 0. The lowest BCUT2D eigenvalue weighted by molar-refractivity contribution is -0.0567. The fourth-order valence-electron chi connectivity index (χ4n) is 5.78. The summed E-state index contributed by atoms with van der Waals surface area (Å²) in [7, 11) is 0. The smallest absolute Gasteiger partial charge is 0.0205 e. The molecule has 4 fully saturated rings. The van der Waals surface area contributed by atoms with Crippen LogP contribution in [0.2, 0.25) is 0 Å². The van der Waals surface area contributed by atoms with Gasteiger partial charge >= 0.3 is 0 Å². The normalized spacial score (nSPS) is 36.5. The van der Waals surface area contributed by atoms with E-state index in [2.05, 4.69) is 35.6 Å². The molecule has 1 N–H and O–H groups in total. The lowest BCUT2D eigenvalue weighted by Gasteiger charge is -2.57. The van der Waals surface area contributed by atoms with Crippen LogP contribution in [0.25, 0.3) is 0 Å². The molecular formula is C19H28ClN. The zero-order valence-corrected chi connectivity index (χ0v) is 13.7. The van der Waals surface area contributed by atoms with Crippen molar-refractivity contribution in [1.82, 2.24) is 5.32 Å². The first-order valence-electron chi connectivity index (χ1n) is 8.56. The number of nitrogens with one attached hydrogen (secondary N) is 1. The summed E-state index contributed by atoms with van der Waals surface area (Å²) in [5.41, 5.74) is 2.15. The van der Waals surface area contributed by atoms with Crippen LogP contribution in [-0.4, -0.2) is 6.54 Å². The molecule has 0 saturated heterocycles. The van der Waals surface area contributed by atoms with Gasteiger partial charge in [0.25, 0.3) is 0 Å². The SMILES string of the molecule is Cl.c1ccc(CNCCC23CC4CC(CC(C4)C2)C3)cc1. The second kappa shape index (κ2) is 6.30. The van der Waals surface area contributed by atoms with Gasteiger partial charge in [-0.15, -0.1) is 12.4 Å². The standard InChI is InChI=1S/C19H27N.ClH/c1-2-4-15(5-3-1)14-20-7-6-19-11-16-8-17(12-19)10-18(9-16)13-19;/h1-5,16-18,20H,6-14H2;1H. The molecule has 0 aromatic heterocycles. The number of benzene rings is 1. The maximum absolute atomic E-state index is 3.68. The molecule has 5 rings (SSSR count). The molecule has 0 radical (unpaired) electrons. The van der Waals surface area contributed by atoms with Gasteiger partial charge in [0.1, 0.15) is 0 Å². The fourth-order valence-corrected chi connectivity index (χ4v) is 5.78. The van der Waals surface area contributed by atoms with E-state index in [9.17, 15) is 0 Å². The lowest BCUT2D eigenvalue weighted by atomic mass is 9.49. The molecule has 1 aromatic rings. The van der Waals surface area contributed by atoms with Gasteiger partial charge in [-0.05, 0) is 80.2 Å². The summed E-state index contributed by atoms with van der Waals surface area (Å²) >= 11 is 0. The van der Waals surface area contributed by atoms with Gasteiger partial charge in [-0.1, -0.05) is 30.3 Å². The Morgan fingerprint density at radius 1 is 0.905 bits per heavy atom. The zero-order chi connectivity index (χ0) is 13.4. The monoisotopic (exact) mass is 305 g/mol. The minimum atomic E-state index is 0. The third-order valence-corrected chi connectivity index (χ3v) is 6.17. The molecule has 0 spiro atoms. The van der Waals surface area contributed by atoms with Crippen LogP contribution in [0.5, 0.6) is 0 Å². The summed E-state index contributed by atoms with van der Waals surface area (Å²) in [4.78, 5) is 0. The number of hydrogen-bond acceptors (Lipinski definition) is 1. The van der Waals surface area contributed by atoms with E-state index in [4.69, 9.17) is 0 Å². The minimum Gasteiger partial charge on any atom is -0.313 e. The first kappa shape index (κ1) is 15.4. The average molecular weight is 306 g/mol. The highest BCUT2D eigenvalue weighted by Crippen LogP contribution is 2.61. The maximum atomic E-state index is 3.68. The predicted octanol–water partition coefficient (Wildman–Crippen LogP) is 4.80. The van der Waals surface area contributed by atoms with Crippen LogP contribution in [0.15, 0.2) is 30.3 Å². The third-order valence-electron chi connectivity index (χ3n) is 6.17. The molecule has 4 bridgehead atoms. The van der Waals surface area contributed by atoms with Crippen molar-refractivity contribution in [3.63, 3.8) is 0 Å². The second-order valence-corrected chi connectivity index (χ2v) is 7.83. The van der Waals surface area contributed by atoms with E-state index in [-0.39, 0.29) is 12.4 Å². The van der Waals surface area contributed by atoms with Crippen molar-refractivity contribution in [3.05, 3.63) is 35.9 Å². The van der Waals surface area contributed by atoms with Gasteiger partial charge in [0, 0.05) is 6.54 Å². The quantitative estimate of drug-likeness (QED) is 0.770. The van der Waals surface area contributed by atoms with Crippen molar-refractivity contribution in [2.24, 2.45) is 23.2 Å². The Balaban J connectivity index is 0.00000132. The average Bonchev–Trinajstić information content (AvgIpc) is 2.43. The summed E-state index contributed by atoms with van der Waals surface area (Å²) in [6.45, 7) is 2.24. The Morgan fingerprint density at radius 2 is 1.48 bits per heavy atom. The first-order chi connectivity index (χ1) is 9.81. The fraction of sp³-hybridized carbons (Fsp3) is 0.684. The maximum Gasteiger partial charge on any atom is 0.0205 e. The summed E-state index contributed by atoms with van der Waals surface area (Å²) in [5, 5.41) is 3.68. The van der Waals surface area contributed by atoms with Crippen molar-refractivity contribution >= 4 is 12.4 Å². The molecule has 4 aliphatic carbocycles. The highest BCUT2D eigenvalue weighted by atomic mass is 35.5. The Kier molecular flexibility index (Phi) is 4.61. The van der Waals surface area contributed by atoms with Crippen LogP contribution in [-0.2, 0) is 6.54 Å². The number of halogens is 1. The van der Waals surface area contributed by atoms with Crippen LogP contribution in [0, 0.1) is 23.2 Å². The van der Waals surface area contributed by atoms with E-state index in [1.54, 1.807) is 38.5 Å². The number of rotatable bonds is 5. The van der Waals surface area contributed by atoms with E-state index in [1.165, 1.54) is 18.5 Å². The van der Waals surface area contributed by atoms with Gasteiger partial charge in [0.2, 0.25) is 0 Å². The molecule has 21 heavy (non-hydrogen) atoms. The summed E-state index contributed by atoms with van der Waals surface area (Å²) in [5.74, 6) is 3.28. The van der Waals surface area contributed by atoms with Crippen molar-refractivity contribution in [2.45, 2.75) is 51.5 Å². The molecule has 0 atom stereocenters. The minimum absolute atomic E-state index is 0. The molecule has 0 heterocycles. The number of hydrogen-bond donors (Lipinski definition) is 1. The van der Waals surface area contributed by atoms with E-state index in [0.717, 1.165) is 29.7 Å². The Morgan fingerprint density at radius 3 is 2.05 bits per heavy atom. The Labute approximate surface area is 135 Å². The molecule has 0 unspecified atom stereocenters. The van der Waals surface area contributed by atoms with Gasteiger partial charge in [-0.25, -0.2) is 0 Å². The van der Waals surface area contributed by atoms with Gasteiger partial charge in [-0.3, -0.25) is 0 Å². The van der Waals surface area contributed by atoms with Gasteiger partial charge in [0.15, 0.2) is 0 Å². The Hall–Kier alpha value is -0.530. The predicted molar refractivity (Wildman–Crippen MR) is 90.6 cm³/mol. The van der Waals surface area contributed by atoms with Gasteiger partial charge in [0.05, 0.1) is 0 Å². The highest BCUT2D eigenvalue weighted by Gasteiger charge is 2.50. The molecule has 0 amide bonds. The molecule has 1 nitrogen and oxygen atoms in total. The summed E-state index contributed by atoms with van der Waals surface area (Å²) in [6.07, 6.45) is 10.8. The molecule has 116 valence electrons. The van der Waals surface area contributed by atoms with Crippen molar-refractivity contribution in [2.75, 3.05) is 6.54 Å². The molecule has 4 saturated carbocycles. The van der Waals surface area contributed by atoms with Crippen LogP contribution in [0.3, 0.4) is 0 Å². The van der Waals surface area contributed by atoms with E-state index < -0.39 is 0 Å². The molecule has 0 aliphatic heterocycles. The van der Waals surface area contributed by atoms with E-state index in [1.807, 2.05) is 0 Å². The molecule has 1 aromatic carbocycles. The third kappa shape index (κ3) is 3.29. The first-order valence-corrected chi connectivity index (χ1v) is 8.56. The van der Waals surface area contributed by atoms with E-state index in [0.29, 0.717) is 0 Å². The van der Waals surface area contributed by atoms with Crippen LogP contribution >= 0.6 is 12.4 Å². The topological polar surface area (TPSA) is 12.0 Å². The van der Waals surface area contributed by atoms with Crippen LogP contribution in [0.4, 0.5) is 0 Å². The highest BCUT2D eigenvalue weighted by molar-refractivity contribution is 5.85. The molecule has 4 aliphatic rings. The van der Waals surface area contributed by atoms with Crippen LogP contribution in [0.1, 0.15) is 50.5 Å². The van der Waals surface area contributed by atoms with Gasteiger partial charge < -0.3 is 5.32 Å². The molecular weight excluding hydrogens is 278 g/mol. The second-order valence-electron chi connectivity index (χ2n) is 7.83. The van der Waals surface area contributed by atoms with Crippen molar-refractivity contribution in [1.29, 1.82) is 0 Å². The Bertz CT molecular complexity index is 421. The lowest BCUT2D eigenvalue weighted by Crippen LogP contribution is -2.47. The molecule has 2 heteroatoms. The van der Waals surface area contributed by atoms with Gasteiger partial charge in [-0.2, -0.15) is 0 Å². The van der Waals surface area contributed by atoms with Crippen LogP contribution < -0.4 is 5.32 Å². The summed E-state index contributed by atoms with van der Waals surface area (Å²) in [6, 6.07) is 10.8.